The summed E-state index contributed by atoms with van der Waals surface area (Å²) < 4.78 is 11.8. The third-order valence-corrected chi connectivity index (χ3v) is 8.05. The summed E-state index contributed by atoms with van der Waals surface area (Å²) in [5.41, 5.74) is 6.23. The van der Waals surface area contributed by atoms with Crippen LogP contribution < -0.4 is 9.64 Å². The number of aromatic nitrogens is 3. The van der Waals surface area contributed by atoms with Gasteiger partial charge in [0.15, 0.2) is 5.82 Å². The van der Waals surface area contributed by atoms with Crippen LogP contribution in [0.1, 0.15) is 38.3 Å². The number of benzene rings is 2. The molecular weight excluding hydrogens is 550 g/mol. The lowest BCUT2D eigenvalue weighted by Gasteiger charge is -2.24. The molecule has 0 bridgehead atoms. The maximum absolute atomic E-state index is 12.5. The Morgan fingerprint density at radius 2 is 1.93 bits per heavy atom. The Balaban J connectivity index is 1.22. The van der Waals surface area contributed by atoms with Crippen molar-refractivity contribution in [3.63, 3.8) is 0 Å². The number of hydrogen-bond donors (Lipinski definition) is 0. The van der Waals surface area contributed by atoms with Crippen molar-refractivity contribution < 1.29 is 14.3 Å². The van der Waals surface area contributed by atoms with Gasteiger partial charge in [-0.05, 0) is 68.5 Å². The predicted octanol–water partition coefficient (Wildman–Crippen LogP) is 7.32. The highest BCUT2D eigenvalue weighted by atomic mass is 35.5. The van der Waals surface area contributed by atoms with Crippen LogP contribution in [0.2, 0.25) is 5.02 Å². The second kappa shape index (κ2) is 11.2. The number of halogens is 1. The van der Waals surface area contributed by atoms with Gasteiger partial charge in [-0.25, -0.2) is 14.8 Å². The number of fused-ring (bicyclic) bond motifs is 2. The summed E-state index contributed by atoms with van der Waals surface area (Å²) in [4.78, 5) is 30.1. The molecule has 1 fully saturated rings. The Labute approximate surface area is 251 Å². The van der Waals surface area contributed by atoms with Crippen molar-refractivity contribution >= 4 is 46.3 Å². The van der Waals surface area contributed by atoms with E-state index in [4.69, 9.17) is 21.1 Å². The van der Waals surface area contributed by atoms with Crippen LogP contribution in [0.25, 0.3) is 28.2 Å². The van der Waals surface area contributed by atoms with Crippen LogP contribution in [0, 0.1) is 5.92 Å². The van der Waals surface area contributed by atoms with E-state index in [2.05, 4.69) is 38.6 Å². The minimum absolute atomic E-state index is 0.214. The Morgan fingerprint density at radius 1 is 1.12 bits per heavy atom. The minimum Gasteiger partial charge on any atom is -0.492 e. The fourth-order valence-electron chi connectivity index (χ4n) is 5.66. The minimum atomic E-state index is -0.511. The van der Waals surface area contributed by atoms with E-state index >= 15 is 0 Å². The number of likely N-dealkylation sites (tertiary alicyclic amines) is 1. The van der Waals surface area contributed by atoms with Crippen LogP contribution in [0.5, 0.6) is 5.75 Å². The molecular formula is C33H34ClN5O3. The highest BCUT2D eigenvalue weighted by molar-refractivity contribution is 6.35. The van der Waals surface area contributed by atoms with Gasteiger partial charge in [0.25, 0.3) is 0 Å². The van der Waals surface area contributed by atoms with Crippen molar-refractivity contribution in [1.82, 2.24) is 19.9 Å². The van der Waals surface area contributed by atoms with Crippen molar-refractivity contribution in [3.8, 4) is 16.9 Å². The maximum atomic E-state index is 12.5. The van der Waals surface area contributed by atoms with Gasteiger partial charge in [-0.3, -0.25) is 4.98 Å². The summed E-state index contributed by atoms with van der Waals surface area (Å²) in [5, 5.41) is 0.581. The molecule has 2 aliphatic rings. The zero-order valence-corrected chi connectivity index (χ0v) is 24.9. The van der Waals surface area contributed by atoms with Crippen LogP contribution >= 0.6 is 11.6 Å². The third kappa shape index (κ3) is 5.51. The molecule has 6 rings (SSSR count). The van der Waals surface area contributed by atoms with Crippen molar-refractivity contribution in [2.75, 3.05) is 31.1 Å². The molecule has 0 unspecified atom stereocenters. The summed E-state index contributed by atoms with van der Waals surface area (Å²) >= 11 is 6.98. The van der Waals surface area contributed by atoms with Gasteiger partial charge < -0.3 is 19.3 Å². The quantitative estimate of drug-likeness (QED) is 0.235. The highest BCUT2D eigenvalue weighted by Crippen LogP contribution is 2.44. The fraction of sp³-hybridized carbons (Fsp3) is 0.333. The largest absolute Gasteiger partial charge is 0.492 e. The van der Waals surface area contributed by atoms with E-state index in [1.54, 1.807) is 23.5 Å². The summed E-state index contributed by atoms with van der Waals surface area (Å²) in [6.45, 7) is 12.0. The topological polar surface area (TPSA) is 80.7 Å². The van der Waals surface area contributed by atoms with Gasteiger partial charge in [0.2, 0.25) is 0 Å². The van der Waals surface area contributed by atoms with Gasteiger partial charge in [0.1, 0.15) is 23.2 Å². The number of ether oxygens (including phenoxy) is 2. The molecule has 0 N–H and O–H groups in total. The second-order valence-electron chi connectivity index (χ2n) is 11.8. The number of amides is 1. The molecule has 4 heterocycles. The molecule has 9 heteroatoms. The van der Waals surface area contributed by atoms with Crippen LogP contribution in [-0.2, 0) is 11.2 Å². The molecule has 1 saturated heterocycles. The van der Waals surface area contributed by atoms with Crippen LogP contribution in [-0.4, -0.2) is 57.8 Å². The Morgan fingerprint density at radius 3 is 2.74 bits per heavy atom. The molecule has 42 heavy (non-hydrogen) atoms. The Hall–Kier alpha value is -4.17. The van der Waals surface area contributed by atoms with E-state index < -0.39 is 5.60 Å². The molecule has 0 aliphatic carbocycles. The fourth-order valence-corrected chi connectivity index (χ4v) is 5.94. The van der Waals surface area contributed by atoms with Gasteiger partial charge in [-0.2, -0.15) is 0 Å². The zero-order chi connectivity index (χ0) is 29.4. The molecule has 1 amide bonds. The first kappa shape index (κ1) is 28.0. The average molecular weight is 584 g/mol. The van der Waals surface area contributed by atoms with Crippen molar-refractivity contribution in [2.24, 2.45) is 5.92 Å². The second-order valence-corrected chi connectivity index (χ2v) is 12.1. The van der Waals surface area contributed by atoms with Crippen molar-refractivity contribution in [2.45, 2.75) is 39.2 Å². The summed E-state index contributed by atoms with van der Waals surface area (Å²) in [6, 6.07) is 14.2. The first-order valence-corrected chi connectivity index (χ1v) is 14.6. The predicted molar refractivity (Wildman–Crippen MR) is 166 cm³/mol. The van der Waals surface area contributed by atoms with E-state index in [0.29, 0.717) is 30.5 Å². The lowest BCUT2D eigenvalue weighted by Crippen LogP contribution is -2.35. The van der Waals surface area contributed by atoms with Crippen LogP contribution in [0.3, 0.4) is 0 Å². The zero-order valence-electron chi connectivity index (χ0n) is 24.1. The Kier molecular flexibility index (Phi) is 7.49. The Bertz CT molecular complexity index is 1670. The lowest BCUT2D eigenvalue weighted by molar-refractivity contribution is 0.0285. The number of hydrogen-bond acceptors (Lipinski definition) is 7. The molecule has 1 atom stereocenters. The summed E-state index contributed by atoms with van der Waals surface area (Å²) in [5.74, 6) is 1.64. The molecule has 0 spiro atoms. The summed E-state index contributed by atoms with van der Waals surface area (Å²) in [6.07, 6.45) is 6.57. The highest BCUT2D eigenvalue weighted by Gasteiger charge is 2.31. The average Bonchev–Trinajstić information content (AvgIpc) is 3.63. The van der Waals surface area contributed by atoms with E-state index in [1.807, 2.05) is 51.1 Å². The third-order valence-electron chi connectivity index (χ3n) is 7.66. The standard InChI is InChI=1S/C33H34ClN5O3/c1-5-21-16-26-30(35-17-21)31(37-20-36-26)39-15-13-24-23(8-6-10-27(24)39)25-9-7-11-28(29(25)34)41-19-22-12-14-38(18-22)32(40)42-33(2,3)4/h5-11,16-17,20,22H,1,12-15,18-19H2,2-4H3/t22-/m1/s1. The monoisotopic (exact) mass is 583 g/mol. The number of carbonyl (C=O) groups excluding carboxylic acids is 1. The smallest absolute Gasteiger partial charge is 0.410 e. The first-order valence-electron chi connectivity index (χ1n) is 14.2. The first-order chi connectivity index (χ1) is 20.2. The van der Waals surface area contributed by atoms with E-state index in [9.17, 15) is 4.79 Å². The van der Waals surface area contributed by atoms with Crippen LogP contribution in [0.4, 0.5) is 16.3 Å². The number of nitrogens with zero attached hydrogens (tertiary/aromatic N) is 5. The molecule has 2 aliphatic heterocycles. The molecule has 4 aromatic rings. The molecule has 2 aromatic heterocycles. The molecule has 8 nitrogen and oxygen atoms in total. The van der Waals surface area contributed by atoms with E-state index in [1.165, 1.54) is 5.56 Å². The summed E-state index contributed by atoms with van der Waals surface area (Å²) in [7, 11) is 0. The van der Waals surface area contributed by atoms with Crippen molar-refractivity contribution in [1.29, 1.82) is 0 Å². The van der Waals surface area contributed by atoms with Crippen molar-refractivity contribution in [3.05, 3.63) is 77.7 Å². The van der Waals surface area contributed by atoms with E-state index in [-0.39, 0.29) is 12.0 Å². The number of rotatable bonds is 6. The molecule has 2 aromatic carbocycles. The number of pyridine rings is 1. The van der Waals surface area contributed by atoms with Crippen LogP contribution in [0.15, 0.2) is 61.6 Å². The van der Waals surface area contributed by atoms with Gasteiger partial charge >= 0.3 is 6.09 Å². The lowest BCUT2D eigenvalue weighted by atomic mass is 9.97. The SMILES string of the molecule is C=Cc1cnc2c(N3CCc4c(-c5cccc(OC[C@@H]6CCN(C(=O)OC(C)(C)C)C6)c5Cl)cccc43)ncnc2c1. The van der Waals surface area contributed by atoms with Gasteiger partial charge in [0.05, 0.1) is 17.1 Å². The molecule has 216 valence electrons. The van der Waals surface area contributed by atoms with Gasteiger partial charge in [-0.15, -0.1) is 0 Å². The molecule has 0 saturated carbocycles. The molecule has 0 radical (unpaired) electrons. The van der Waals surface area contributed by atoms with E-state index in [0.717, 1.165) is 58.6 Å². The number of anilines is 2. The maximum Gasteiger partial charge on any atom is 0.410 e. The number of carbonyl (C=O) groups is 1. The van der Waals surface area contributed by atoms with Gasteiger partial charge in [-0.1, -0.05) is 48.5 Å². The van der Waals surface area contributed by atoms with Gasteiger partial charge in [0, 0.05) is 43.0 Å². The normalized spacial score (nSPS) is 16.5.